The number of carboxylic acid groups (broad SMARTS) is 1. The van der Waals surface area contributed by atoms with Gasteiger partial charge in [0.1, 0.15) is 17.0 Å². The lowest BCUT2D eigenvalue weighted by molar-refractivity contribution is 0.0695. The summed E-state index contributed by atoms with van der Waals surface area (Å²) in [5.74, 6) is -0.336. The number of nitrogens with one attached hydrogen (secondary N) is 1. The van der Waals surface area contributed by atoms with Gasteiger partial charge in [-0.15, -0.1) is 0 Å². The van der Waals surface area contributed by atoms with E-state index in [0.29, 0.717) is 53.4 Å². The van der Waals surface area contributed by atoms with Gasteiger partial charge in [0.25, 0.3) is 0 Å². The smallest absolute Gasteiger partial charge is 0.341 e. The number of piperazine rings is 1. The quantitative estimate of drug-likeness (QED) is 0.435. The normalized spacial score (nSPS) is 17.3. The number of carboxylic acids is 1. The van der Waals surface area contributed by atoms with Crippen LogP contribution in [-0.4, -0.2) is 47.1 Å². The Kier molecular flexibility index (Phi) is 4.85. The van der Waals surface area contributed by atoms with E-state index in [9.17, 15) is 14.7 Å². The minimum atomic E-state index is -1.31. The van der Waals surface area contributed by atoms with Crippen molar-refractivity contribution in [3.05, 3.63) is 69.8 Å². The van der Waals surface area contributed by atoms with Gasteiger partial charge in [-0.25, -0.2) is 14.2 Å². The average molecular weight is 476 g/mol. The molecular formula is C25H21FN4O5. The average Bonchev–Trinajstić information content (AvgIpc) is 3.33. The fourth-order valence-corrected chi connectivity index (χ4v) is 4.78. The van der Waals surface area contributed by atoms with Crippen LogP contribution in [-0.2, 0) is 7.05 Å². The molecule has 6 rings (SSSR count). The highest BCUT2D eigenvalue weighted by Crippen LogP contribution is 2.35. The first-order valence-electron chi connectivity index (χ1n) is 11.1. The number of fused-ring (bicyclic) bond motifs is 3. The number of aryl methyl sites for hydroxylation is 1. The van der Waals surface area contributed by atoms with Crippen molar-refractivity contribution in [2.45, 2.75) is 6.04 Å². The summed E-state index contributed by atoms with van der Waals surface area (Å²) in [5, 5.41) is 13.4. The van der Waals surface area contributed by atoms with Crippen LogP contribution in [0.4, 0.5) is 10.1 Å². The zero-order chi connectivity index (χ0) is 24.3. The minimum Gasteiger partial charge on any atom is -0.477 e. The van der Waals surface area contributed by atoms with E-state index >= 15 is 4.39 Å². The van der Waals surface area contributed by atoms with E-state index in [1.54, 1.807) is 13.1 Å². The van der Waals surface area contributed by atoms with Gasteiger partial charge < -0.3 is 29.4 Å². The molecule has 0 saturated carbocycles. The number of benzene rings is 2. The van der Waals surface area contributed by atoms with Gasteiger partial charge in [-0.3, -0.25) is 4.79 Å². The molecule has 1 saturated heterocycles. The number of anilines is 1. The number of ether oxygens (including phenoxy) is 2. The molecule has 2 N–H and O–H groups in total. The molecule has 4 heterocycles. The SMILES string of the molecule is Cn1cc(C(=O)O)c(=O)c2cc3cc(F)c(N4CCNC(c5ccc6c(c5)OCO6)C4)cc3nc21. The van der Waals surface area contributed by atoms with Crippen molar-refractivity contribution < 1.29 is 23.8 Å². The van der Waals surface area contributed by atoms with Crippen LogP contribution < -0.4 is 25.1 Å². The van der Waals surface area contributed by atoms with E-state index in [4.69, 9.17) is 9.47 Å². The Balaban J connectivity index is 1.38. The van der Waals surface area contributed by atoms with E-state index < -0.39 is 17.2 Å². The summed E-state index contributed by atoms with van der Waals surface area (Å²) in [4.78, 5) is 30.6. The molecule has 0 radical (unpaired) electrons. The highest BCUT2D eigenvalue weighted by atomic mass is 19.1. The van der Waals surface area contributed by atoms with Crippen molar-refractivity contribution in [3.63, 3.8) is 0 Å². The molecule has 9 nitrogen and oxygen atoms in total. The molecule has 4 aromatic rings. The summed E-state index contributed by atoms with van der Waals surface area (Å²) in [5.41, 5.74) is 1.30. The number of rotatable bonds is 3. The third-order valence-corrected chi connectivity index (χ3v) is 6.55. The van der Waals surface area contributed by atoms with Crippen molar-refractivity contribution in [1.82, 2.24) is 14.9 Å². The highest BCUT2D eigenvalue weighted by Gasteiger charge is 2.25. The van der Waals surface area contributed by atoms with Crippen LogP contribution in [0.2, 0.25) is 0 Å². The first-order valence-corrected chi connectivity index (χ1v) is 11.1. The van der Waals surface area contributed by atoms with Crippen LogP contribution in [0.5, 0.6) is 11.5 Å². The Morgan fingerprint density at radius 1 is 1.20 bits per heavy atom. The molecule has 1 fully saturated rings. The molecule has 0 amide bonds. The number of nitrogens with zero attached hydrogens (tertiary/aromatic N) is 3. The summed E-state index contributed by atoms with van der Waals surface area (Å²) in [6, 6.07) is 10.3. The Bertz CT molecular complexity index is 1580. The number of hydrogen-bond donors (Lipinski definition) is 2. The van der Waals surface area contributed by atoms with E-state index in [0.717, 1.165) is 5.56 Å². The largest absolute Gasteiger partial charge is 0.477 e. The van der Waals surface area contributed by atoms with Crippen LogP contribution in [0.25, 0.3) is 21.9 Å². The van der Waals surface area contributed by atoms with Crippen LogP contribution in [0.1, 0.15) is 22.0 Å². The zero-order valence-corrected chi connectivity index (χ0v) is 18.7. The Morgan fingerprint density at radius 3 is 2.86 bits per heavy atom. The summed E-state index contributed by atoms with van der Waals surface area (Å²) < 4.78 is 27.7. The predicted octanol–water partition coefficient (Wildman–Crippen LogP) is 2.80. The molecular weight excluding hydrogens is 455 g/mol. The monoisotopic (exact) mass is 476 g/mol. The Hall–Kier alpha value is -4.18. The van der Waals surface area contributed by atoms with Gasteiger partial charge in [-0.2, -0.15) is 0 Å². The number of hydrogen-bond acceptors (Lipinski definition) is 7. The second-order valence-electron chi connectivity index (χ2n) is 8.71. The van der Waals surface area contributed by atoms with Gasteiger partial charge in [0, 0.05) is 44.3 Å². The molecule has 2 aromatic heterocycles. The fourth-order valence-electron chi connectivity index (χ4n) is 4.78. The number of aromatic nitrogens is 2. The lowest BCUT2D eigenvalue weighted by Crippen LogP contribution is -2.46. The lowest BCUT2D eigenvalue weighted by atomic mass is 10.0. The van der Waals surface area contributed by atoms with Crippen LogP contribution in [0.3, 0.4) is 0 Å². The zero-order valence-electron chi connectivity index (χ0n) is 18.7. The summed E-state index contributed by atoms with van der Waals surface area (Å²) >= 11 is 0. The van der Waals surface area contributed by atoms with Crippen LogP contribution >= 0.6 is 0 Å². The molecule has 10 heteroatoms. The van der Waals surface area contributed by atoms with Crippen molar-refractivity contribution in [2.24, 2.45) is 7.05 Å². The molecule has 2 aromatic carbocycles. The molecule has 178 valence electrons. The maximum absolute atomic E-state index is 15.3. The Labute approximate surface area is 198 Å². The third-order valence-electron chi connectivity index (χ3n) is 6.55. The first-order chi connectivity index (χ1) is 16.9. The van der Waals surface area contributed by atoms with Crippen LogP contribution in [0.15, 0.2) is 47.4 Å². The van der Waals surface area contributed by atoms with Gasteiger partial charge in [0.15, 0.2) is 11.5 Å². The van der Waals surface area contributed by atoms with Gasteiger partial charge in [0.2, 0.25) is 12.2 Å². The first kappa shape index (κ1) is 21.4. The molecule has 35 heavy (non-hydrogen) atoms. The predicted molar refractivity (Wildman–Crippen MR) is 127 cm³/mol. The molecule has 0 spiro atoms. The van der Waals surface area contributed by atoms with E-state index in [2.05, 4.69) is 10.3 Å². The molecule has 2 aliphatic heterocycles. The standard InChI is InChI=1S/C25H21FN4O5/c1-29-10-16(25(32)33)23(31)15-6-14-7-17(26)20(9-18(14)28-24(15)29)30-5-4-27-19(11-30)13-2-3-21-22(8-13)35-12-34-21/h2-3,6-10,19,27H,4-5,11-12H2,1H3,(H,32,33). The summed E-state index contributed by atoms with van der Waals surface area (Å²) in [7, 11) is 1.63. The van der Waals surface area contributed by atoms with Gasteiger partial charge in [0.05, 0.1) is 16.6 Å². The van der Waals surface area contributed by atoms with Crippen molar-refractivity contribution in [2.75, 3.05) is 31.3 Å². The van der Waals surface area contributed by atoms with E-state index in [1.165, 1.54) is 22.9 Å². The molecule has 1 atom stereocenters. The number of pyridine rings is 2. The fraction of sp³-hybridized carbons (Fsp3) is 0.240. The molecule has 1 unspecified atom stereocenters. The second kappa shape index (κ2) is 7.95. The third kappa shape index (κ3) is 3.53. The topological polar surface area (TPSA) is 106 Å². The number of halogens is 1. The highest BCUT2D eigenvalue weighted by molar-refractivity contribution is 5.96. The molecule has 2 aliphatic rings. The van der Waals surface area contributed by atoms with Gasteiger partial charge in [-0.1, -0.05) is 6.07 Å². The molecule has 0 bridgehead atoms. The molecule has 0 aliphatic carbocycles. The van der Waals surface area contributed by atoms with Crippen molar-refractivity contribution in [3.8, 4) is 11.5 Å². The second-order valence-corrected chi connectivity index (χ2v) is 8.71. The number of carbonyl (C=O) groups is 1. The minimum absolute atomic E-state index is 0.0341. The van der Waals surface area contributed by atoms with Gasteiger partial charge in [-0.05, 0) is 35.9 Å². The van der Waals surface area contributed by atoms with Crippen molar-refractivity contribution in [1.29, 1.82) is 0 Å². The summed E-state index contributed by atoms with van der Waals surface area (Å²) in [6.45, 7) is 2.01. The number of aromatic carboxylic acids is 1. The maximum atomic E-state index is 15.3. The lowest BCUT2D eigenvalue weighted by Gasteiger charge is -2.35. The van der Waals surface area contributed by atoms with E-state index in [1.807, 2.05) is 23.1 Å². The van der Waals surface area contributed by atoms with E-state index in [-0.39, 0.29) is 23.8 Å². The summed E-state index contributed by atoms with van der Waals surface area (Å²) in [6.07, 6.45) is 1.25. The Morgan fingerprint density at radius 2 is 2.03 bits per heavy atom. The van der Waals surface area contributed by atoms with Gasteiger partial charge >= 0.3 is 5.97 Å². The van der Waals surface area contributed by atoms with Crippen molar-refractivity contribution >= 4 is 33.6 Å². The van der Waals surface area contributed by atoms with Crippen LogP contribution in [0, 0.1) is 5.82 Å². The maximum Gasteiger partial charge on any atom is 0.341 e.